The largest absolute Gasteiger partial charge is 0.458 e. The molecule has 0 amide bonds. The average Bonchev–Trinajstić information content (AvgIpc) is 3.73. The number of hydrogen-bond donors (Lipinski definition) is 0. The molecular weight excluding hydrogens is 629 g/mol. The van der Waals surface area contributed by atoms with Gasteiger partial charge < -0.3 is 14.0 Å². The van der Waals surface area contributed by atoms with Gasteiger partial charge in [0.1, 0.15) is 23.0 Å². The third kappa shape index (κ3) is 3.56. The summed E-state index contributed by atoms with van der Waals surface area (Å²) in [5.74, 6) is 3.74. The molecule has 8 aromatic rings. The van der Waals surface area contributed by atoms with Gasteiger partial charge in [-0.2, -0.15) is 0 Å². The van der Waals surface area contributed by atoms with Gasteiger partial charge in [-0.25, -0.2) is 0 Å². The standard InChI is InChI=1S/C45H34BNO2S/c1-44(2,3)25-21-22-37-29(23-25)41-43(50-37)46-31-24-34(47-32-17-10-7-13-26(32)27-14-8-11-18-33(27)47)38-28-15-6-9-16-30(28)45(4,5)39(38)42(31)49-36-20-12-19-35(48-41)40(36)46/h6-24H,1-5H3. The van der Waals surface area contributed by atoms with Gasteiger partial charge in [-0.05, 0) is 70.0 Å². The third-order valence-corrected chi connectivity index (χ3v) is 12.7. The Morgan fingerprint density at radius 2 is 1.34 bits per heavy atom. The molecule has 5 heteroatoms. The van der Waals surface area contributed by atoms with Crippen molar-refractivity contribution in [1.82, 2.24) is 4.57 Å². The van der Waals surface area contributed by atoms with Crippen LogP contribution in [-0.2, 0) is 10.8 Å². The number of benzene rings is 6. The van der Waals surface area contributed by atoms with E-state index in [1.807, 2.05) is 11.3 Å². The number of nitrogens with zero attached hydrogens (tertiary/aromatic N) is 1. The first-order valence-corrected chi connectivity index (χ1v) is 18.4. The van der Waals surface area contributed by atoms with Crippen LogP contribution in [-0.4, -0.2) is 11.3 Å². The van der Waals surface area contributed by atoms with E-state index in [-0.39, 0.29) is 17.5 Å². The lowest BCUT2D eigenvalue weighted by atomic mass is 9.37. The van der Waals surface area contributed by atoms with Crippen molar-refractivity contribution in [3.05, 3.63) is 132 Å². The van der Waals surface area contributed by atoms with Crippen molar-refractivity contribution in [2.75, 3.05) is 0 Å². The fourth-order valence-electron chi connectivity index (χ4n) is 9.09. The van der Waals surface area contributed by atoms with Gasteiger partial charge in [0.15, 0.2) is 0 Å². The smallest absolute Gasteiger partial charge is 0.273 e. The highest BCUT2D eigenvalue weighted by molar-refractivity contribution is 7.33. The summed E-state index contributed by atoms with van der Waals surface area (Å²) in [7, 11) is 0. The SMILES string of the molecule is CC(C)(C)c1ccc2sc3c(c2c1)Oc1cccc2c1B3c1cc(-n3c4ccccc4c4ccccc43)c3c(c1O2)C(C)(C)c1ccccc1-3. The molecule has 240 valence electrons. The number of fused-ring (bicyclic) bond motifs is 13. The van der Waals surface area contributed by atoms with Crippen LogP contribution in [0.15, 0.2) is 115 Å². The summed E-state index contributed by atoms with van der Waals surface area (Å²) in [5, 5.41) is 3.71. The van der Waals surface area contributed by atoms with Crippen LogP contribution < -0.4 is 25.2 Å². The molecule has 0 atom stereocenters. The first-order valence-electron chi connectivity index (χ1n) is 17.6. The number of rotatable bonds is 1. The van der Waals surface area contributed by atoms with Crippen LogP contribution >= 0.6 is 11.3 Å². The molecule has 0 unspecified atom stereocenters. The molecule has 1 aliphatic carbocycles. The molecule has 0 fully saturated rings. The molecule has 2 aliphatic heterocycles. The molecule has 3 aliphatic rings. The third-order valence-electron chi connectivity index (χ3n) is 11.4. The fourth-order valence-corrected chi connectivity index (χ4v) is 10.3. The minimum Gasteiger partial charge on any atom is -0.458 e. The van der Waals surface area contributed by atoms with Crippen molar-refractivity contribution in [2.45, 2.75) is 45.4 Å². The van der Waals surface area contributed by atoms with Crippen molar-refractivity contribution >= 4 is 65.6 Å². The lowest BCUT2D eigenvalue weighted by Gasteiger charge is -2.35. The summed E-state index contributed by atoms with van der Waals surface area (Å²) in [6, 6.07) is 42.3. The number of thiophene rings is 1. The van der Waals surface area contributed by atoms with E-state index in [1.165, 1.54) is 75.6 Å². The van der Waals surface area contributed by atoms with Gasteiger partial charge >= 0.3 is 0 Å². The second-order valence-corrected chi connectivity index (χ2v) is 16.7. The maximum Gasteiger partial charge on any atom is 0.273 e. The molecule has 50 heavy (non-hydrogen) atoms. The molecule has 0 spiro atoms. The molecule has 4 heterocycles. The predicted molar refractivity (Wildman–Crippen MR) is 210 cm³/mol. The van der Waals surface area contributed by atoms with Crippen molar-refractivity contribution in [2.24, 2.45) is 0 Å². The first kappa shape index (κ1) is 28.6. The Balaban J connectivity index is 1.29. The Hall–Kier alpha value is -5.26. The Morgan fingerprint density at radius 1 is 0.680 bits per heavy atom. The van der Waals surface area contributed by atoms with Crippen LogP contribution in [0, 0.1) is 0 Å². The summed E-state index contributed by atoms with van der Waals surface area (Å²) in [6.45, 7) is 11.5. The van der Waals surface area contributed by atoms with Gasteiger partial charge in [-0.1, -0.05) is 107 Å². The van der Waals surface area contributed by atoms with Gasteiger partial charge in [-0.3, -0.25) is 0 Å². The topological polar surface area (TPSA) is 23.4 Å². The van der Waals surface area contributed by atoms with E-state index in [9.17, 15) is 0 Å². The van der Waals surface area contributed by atoms with Crippen LogP contribution in [0.4, 0.5) is 0 Å². The molecule has 0 saturated carbocycles. The minimum absolute atomic E-state index is 0.0270. The average molecular weight is 664 g/mol. The van der Waals surface area contributed by atoms with Gasteiger partial charge in [0, 0.05) is 47.6 Å². The minimum atomic E-state index is -0.282. The normalized spacial score (nSPS) is 14.9. The highest BCUT2D eigenvalue weighted by Crippen LogP contribution is 2.56. The van der Waals surface area contributed by atoms with Crippen LogP contribution in [0.1, 0.15) is 51.3 Å². The lowest BCUT2D eigenvalue weighted by Crippen LogP contribution is -2.56. The molecular formula is C45H34BNO2S. The molecule has 11 rings (SSSR count). The van der Waals surface area contributed by atoms with E-state index < -0.39 is 0 Å². The molecule has 6 aromatic carbocycles. The Bertz CT molecular complexity index is 2740. The van der Waals surface area contributed by atoms with Crippen molar-refractivity contribution in [3.63, 3.8) is 0 Å². The van der Waals surface area contributed by atoms with Gasteiger partial charge in [-0.15, -0.1) is 11.3 Å². The summed E-state index contributed by atoms with van der Waals surface area (Å²) >= 11 is 1.86. The number of para-hydroxylation sites is 2. The molecule has 0 bridgehead atoms. The molecule has 0 N–H and O–H groups in total. The number of hydrogen-bond acceptors (Lipinski definition) is 3. The zero-order valence-corrected chi connectivity index (χ0v) is 29.5. The summed E-state index contributed by atoms with van der Waals surface area (Å²) in [6.07, 6.45) is 0. The highest BCUT2D eigenvalue weighted by atomic mass is 32.1. The second-order valence-electron chi connectivity index (χ2n) is 15.7. The van der Waals surface area contributed by atoms with E-state index in [0.717, 1.165) is 28.5 Å². The molecule has 2 aromatic heterocycles. The molecule has 3 nitrogen and oxygen atoms in total. The highest BCUT2D eigenvalue weighted by Gasteiger charge is 2.48. The summed E-state index contributed by atoms with van der Waals surface area (Å²) < 4.78 is 19.0. The van der Waals surface area contributed by atoms with Crippen LogP contribution in [0.3, 0.4) is 0 Å². The van der Waals surface area contributed by atoms with Crippen LogP contribution in [0.5, 0.6) is 23.0 Å². The van der Waals surface area contributed by atoms with Crippen LogP contribution in [0.2, 0.25) is 0 Å². The molecule has 0 saturated heterocycles. The zero-order chi connectivity index (χ0) is 33.7. The van der Waals surface area contributed by atoms with E-state index in [1.54, 1.807) is 0 Å². The van der Waals surface area contributed by atoms with E-state index >= 15 is 0 Å². The predicted octanol–water partition coefficient (Wildman–Crippen LogP) is 10.3. The monoisotopic (exact) mass is 663 g/mol. The van der Waals surface area contributed by atoms with E-state index in [4.69, 9.17) is 9.47 Å². The lowest BCUT2D eigenvalue weighted by molar-refractivity contribution is 0.457. The number of aromatic nitrogens is 1. The quantitative estimate of drug-likeness (QED) is 0.163. The molecule has 0 radical (unpaired) electrons. The zero-order valence-electron chi connectivity index (χ0n) is 28.7. The van der Waals surface area contributed by atoms with Crippen LogP contribution in [0.25, 0.3) is 48.7 Å². The second kappa shape index (κ2) is 9.50. The number of ether oxygens (including phenoxy) is 2. The fraction of sp³-hybridized carbons (Fsp3) is 0.156. The summed E-state index contributed by atoms with van der Waals surface area (Å²) in [5.41, 5.74) is 12.1. The maximum absolute atomic E-state index is 7.15. The van der Waals surface area contributed by atoms with Gasteiger partial charge in [0.25, 0.3) is 6.71 Å². The Kier molecular flexibility index (Phi) is 5.43. The van der Waals surface area contributed by atoms with Gasteiger partial charge in [0.05, 0.1) is 16.7 Å². The van der Waals surface area contributed by atoms with Crippen molar-refractivity contribution < 1.29 is 9.47 Å². The maximum atomic E-state index is 7.15. The van der Waals surface area contributed by atoms with E-state index in [2.05, 4.69) is 154 Å². The van der Waals surface area contributed by atoms with Gasteiger partial charge in [0.2, 0.25) is 0 Å². The summed E-state index contributed by atoms with van der Waals surface area (Å²) in [4.78, 5) is 0. The van der Waals surface area contributed by atoms with Crippen molar-refractivity contribution in [3.8, 4) is 39.8 Å². The van der Waals surface area contributed by atoms with Crippen molar-refractivity contribution in [1.29, 1.82) is 0 Å². The first-order chi connectivity index (χ1) is 24.2. The van der Waals surface area contributed by atoms with E-state index in [0.29, 0.717) is 0 Å². The Morgan fingerprint density at radius 3 is 2.06 bits per heavy atom. The Labute approximate surface area is 295 Å².